The van der Waals surface area contributed by atoms with Gasteiger partial charge in [0, 0.05) is 17.9 Å². The molecule has 0 saturated carbocycles. The highest BCUT2D eigenvalue weighted by molar-refractivity contribution is 6.31. The number of halogens is 3. The highest BCUT2D eigenvalue weighted by Crippen LogP contribution is 2.42. The van der Waals surface area contributed by atoms with Crippen molar-refractivity contribution in [3.05, 3.63) is 113 Å². The zero-order valence-corrected chi connectivity index (χ0v) is 21.5. The Hall–Kier alpha value is -4.17. The summed E-state index contributed by atoms with van der Waals surface area (Å²) in [6, 6.07) is 19.9. The van der Waals surface area contributed by atoms with Crippen molar-refractivity contribution in [2.75, 3.05) is 16.8 Å². The Kier molecular flexibility index (Phi) is 6.91. The Bertz CT molecular complexity index is 1500. The van der Waals surface area contributed by atoms with Crippen LogP contribution in [0.4, 0.5) is 25.0 Å². The topological polar surface area (TPSA) is 57.6 Å². The maximum atomic E-state index is 14.1. The number of urea groups is 1. The van der Waals surface area contributed by atoms with Crippen molar-refractivity contribution in [2.24, 2.45) is 0 Å². The number of nitrogens with zero attached hydrogens (tertiary/aromatic N) is 3. The number of fused-ring (bicyclic) bond motifs is 3. The molecule has 1 N–H and O–H groups in total. The molecule has 0 spiro atoms. The number of hydrogen-bond donors (Lipinski definition) is 1. The minimum Gasteiger partial charge on any atom is -0.316 e. The van der Waals surface area contributed by atoms with Crippen LogP contribution >= 0.6 is 11.6 Å². The van der Waals surface area contributed by atoms with Gasteiger partial charge in [-0.15, -0.1) is 0 Å². The summed E-state index contributed by atoms with van der Waals surface area (Å²) in [4.78, 5) is 30.3. The molecule has 0 radical (unpaired) electrons. The van der Waals surface area contributed by atoms with Gasteiger partial charge in [-0.3, -0.25) is 9.69 Å². The van der Waals surface area contributed by atoms with Crippen LogP contribution in [0.25, 0.3) is 5.69 Å². The van der Waals surface area contributed by atoms with Crippen molar-refractivity contribution >= 4 is 34.9 Å². The monoisotopic (exact) mass is 534 g/mol. The molecule has 2 heterocycles. The molecule has 1 aromatic heterocycles. The number of nitrogens with one attached hydrogen (secondary N) is 1. The van der Waals surface area contributed by atoms with Crippen molar-refractivity contribution in [3.63, 3.8) is 0 Å². The van der Waals surface area contributed by atoms with Crippen molar-refractivity contribution in [2.45, 2.75) is 25.9 Å². The Balaban J connectivity index is 1.50. The maximum Gasteiger partial charge on any atom is 0.322 e. The number of hydrogen-bond acceptors (Lipinski definition) is 2. The molecule has 6 nitrogen and oxygen atoms in total. The Labute approximate surface area is 224 Å². The lowest BCUT2D eigenvalue weighted by Crippen LogP contribution is -2.49. The molecule has 1 aliphatic rings. The molecule has 38 heavy (non-hydrogen) atoms. The largest absolute Gasteiger partial charge is 0.322 e. The molecule has 1 atom stereocenters. The van der Waals surface area contributed by atoms with Crippen LogP contribution in [0.5, 0.6) is 0 Å². The van der Waals surface area contributed by atoms with E-state index in [9.17, 15) is 18.4 Å². The summed E-state index contributed by atoms with van der Waals surface area (Å²) in [5, 5.41) is 2.58. The summed E-state index contributed by atoms with van der Waals surface area (Å²) in [5.74, 6) is -1.29. The van der Waals surface area contributed by atoms with Gasteiger partial charge in [-0.25, -0.2) is 13.6 Å². The molecule has 5 rings (SSSR count). The molecule has 3 aromatic carbocycles. The van der Waals surface area contributed by atoms with Crippen LogP contribution in [0.3, 0.4) is 0 Å². The molecule has 0 aliphatic carbocycles. The fourth-order valence-corrected chi connectivity index (χ4v) is 4.88. The van der Waals surface area contributed by atoms with Crippen LogP contribution in [-0.4, -0.2) is 34.0 Å². The number of aromatic nitrogens is 1. The molecule has 1 unspecified atom stereocenters. The molecule has 3 amide bonds. The van der Waals surface area contributed by atoms with Gasteiger partial charge in [0.1, 0.15) is 24.2 Å². The van der Waals surface area contributed by atoms with Gasteiger partial charge in [0.15, 0.2) is 0 Å². The SMILES string of the molecule is CC(C)N(CC(=O)N1c2ccccc2-n2cccc2C1c1ccc(F)cc1)C(=O)Nc1ccc(F)c(Cl)c1. The minimum absolute atomic E-state index is 0.120. The zero-order valence-electron chi connectivity index (χ0n) is 20.7. The van der Waals surface area contributed by atoms with Gasteiger partial charge in [0.05, 0.1) is 22.1 Å². The van der Waals surface area contributed by atoms with E-state index in [-0.39, 0.29) is 29.3 Å². The number of rotatable bonds is 5. The van der Waals surface area contributed by atoms with E-state index in [4.69, 9.17) is 11.6 Å². The molecular formula is C29H25ClF2N4O2. The summed E-state index contributed by atoms with van der Waals surface area (Å²) in [6.45, 7) is 3.37. The van der Waals surface area contributed by atoms with Gasteiger partial charge >= 0.3 is 6.03 Å². The average molecular weight is 535 g/mol. The summed E-state index contributed by atoms with van der Waals surface area (Å²) in [5.41, 5.74) is 3.37. The fourth-order valence-electron chi connectivity index (χ4n) is 4.70. The van der Waals surface area contributed by atoms with Gasteiger partial charge in [-0.05, 0) is 74.0 Å². The first-order valence-corrected chi connectivity index (χ1v) is 12.5. The summed E-state index contributed by atoms with van der Waals surface area (Å²) >= 11 is 5.86. The van der Waals surface area contributed by atoms with Gasteiger partial charge in [-0.1, -0.05) is 35.9 Å². The van der Waals surface area contributed by atoms with Gasteiger partial charge in [0.2, 0.25) is 5.91 Å². The minimum atomic E-state index is -0.596. The van der Waals surface area contributed by atoms with Crippen molar-refractivity contribution < 1.29 is 18.4 Å². The van der Waals surface area contributed by atoms with E-state index in [0.717, 1.165) is 23.0 Å². The van der Waals surface area contributed by atoms with Crippen LogP contribution in [0.1, 0.15) is 31.1 Å². The fraction of sp³-hybridized carbons (Fsp3) is 0.172. The van der Waals surface area contributed by atoms with E-state index in [0.29, 0.717) is 11.4 Å². The number of anilines is 2. The average Bonchev–Trinajstić information content (AvgIpc) is 3.39. The summed E-state index contributed by atoms with van der Waals surface area (Å²) in [7, 11) is 0. The van der Waals surface area contributed by atoms with Crippen molar-refractivity contribution in [1.29, 1.82) is 0 Å². The first-order valence-electron chi connectivity index (χ1n) is 12.1. The van der Waals surface area contributed by atoms with Gasteiger partial charge in [-0.2, -0.15) is 0 Å². The molecule has 9 heteroatoms. The predicted octanol–water partition coefficient (Wildman–Crippen LogP) is 6.79. The summed E-state index contributed by atoms with van der Waals surface area (Å²) in [6.07, 6.45) is 1.92. The molecule has 1 aliphatic heterocycles. The number of amides is 3. The van der Waals surface area contributed by atoms with Crippen LogP contribution in [0.15, 0.2) is 85.1 Å². The predicted molar refractivity (Wildman–Crippen MR) is 144 cm³/mol. The van der Waals surface area contributed by atoms with Crippen LogP contribution in [0.2, 0.25) is 5.02 Å². The van der Waals surface area contributed by atoms with Crippen molar-refractivity contribution in [1.82, 2.24) is 9.47 Å². The number of para-hydroxylation sites is 2. The van der Waals surface area contributed by atoms with Gasteiger partial charge < -0.3 is 14.8 Å². The molecule has 4 aromatic rings. The quantitative estimate of drug-likeness (QED) is 0.306. The standard InChI is InChI=1S/C29H25ClF2N4O2/c1-18(2)35(29(38)33-21-13-14-23(32)22(30)16-21)17-27(37)36-25-7-4-3-6-24(25)34-15-5-8-26(34)28(36)19-9-11-20(31)12-10-19/h3-16,18,28H,17H2,1-2H3,(H,33,38). The number of carbonyl (C=O) groups is 2. The Morgan fingerprint density at radius 2 is 1.68 bits per heavy atom. The highest BCUT2D eigenvalue weighted by Gasteiger charge is 2.37. The highest BCUT2D eigenvalue weighted by atomic mass is 35.5. The normalized spacial score (nSPS) is 14.2. The number of benzene rings is 3. The Morgan fingerprint density at radius 1 is 0.974 bits per heavy atom. The van der Waals surface area contributed by atoms with E-state index in [1.807, 2.05) is 47.2 Å². The van der Waals surface area contributed by atoms with Crippen LogP contribution < -0.4 is 10.2 Å². The lowest BCUT2D eigenvalue weighted by Gasteiger charge is -2.40. The second-order valence-corrected chi connectivity index (χ2v) is 9.70. The van der Waals surface area contributed by atoms with Gasteiger partial charge in [0.25, 0.3) is 0 Å². The van der Waals surface area contributed by atoms with E-state index in [1.165, 1.54) is 29.2 Å². The maximum absolute atomic E-state index is 14.1. The van der Waals surface area contributed by atoms with E-state index in [2.05, 4.69) is 5.32 Å². The van der Waals surface area contributed by atoms with Crippen LogP contribution in [0, 0.1) is 11.6 Å². The first kappa shape index (κ1) is 25.5. The third-order valence-corrected chi connectivity index (χ3v) is 6.82. The lowest BCUT2D eigenvalue weighted by atomic mass is 9.97. The third kappa shape index (κ3) is 4.75. The molecule has 194 valence electrons. The van der Waals surface area contributed by atoms with E-state index >= 15 is 0 Å². The molecule has 0 saturated heterocycles. The summed E-state index contributed by atoms with van der Waals surface area (Å²) < 4.78 is 29.4. The second-order valence-electron chi connectivity index (χ2n) is 9.29. The second kappa shape index (κ2) is 10.3. The van der Waals surface area contributed by atoms with Crippen LogP contribution in [-0.2, 0) is 4.79 Å². The molecule has 0 bridgehead atoms. The molecule has 0 fully saturated rings. The van der Waals surface area contributed by atoms with Crippen molar-refractivity contribution in [3.8, 4) is 5.69 Å². The number of carbonyl (C=O) groups excluding carboxylic acids is 2. The first-order chi connectivity index (χ1) is 18.2. The van der Waals surface area contributed by atoms with E-state index in [1.54, 1.807) is 30.9 Å². The van der Waals surface area contributed by atoms with E-state index < -0.39 is 17.9 Å². The Morgan fingerprint density at radius 3 is 2.37 bits per heavy atom. The lowest BCUT2D eigenvalue weighted by molar-refractivity contribution is -0.119. The zero-order chi connectivity index (χ0) is 27.0. The third-order valence-electron chi connectivity index (χ3n) is 6.53. The molecular weight excluding hydrogens is 510 g/mol. The smallest absolute Gasteiger partial charge is 0.316 e.